The van der Waals surface area contributed by atoms with Crippen LogP contribution in [-0.4, -0.2) is 11.7 Å². The number of carbonyl (C=O) groups excluding carboxylic acids is 2. The van der Waals surface area contributed by atoms with Gasteiger partial charge in [0.05, 0.1) is 11.3 Å². The van der Waals surface area contributed by atoms with E-state index < -0.39 is 11.3 Å². The average Bonchev–Trinajstić information content (AvgIpc) is 2.82. The van der Waals surface area contributed by atoms with Crippen molar-refractivity contribution in [1.29, 1.82) is 5.26 Å². The number of ether oxygens (including phenoxy) is 1. The molecule has 0 radical (unpaired) electrons. The summed E-state index contributed by atoms with van der Waals surface area (Å²) in [5.41, 5.74) is 5.48. The molecule has 2 heterocycles. The summed E-state index contributed by atoms with van der Waals surface area (Å²) in [5.74, 6) is -0.500. The van der Waals surface area contributed by atoms with E-state index in [1.807, 2.05) is 19.9 Å². The first-order valence-electron chi connectivity index (χ1n) is 8.17. The summed E-state index contributed by atoms with van der Waals surface area (Å²) in [5, 5.41) is 12.7. The maximum atomic E-state index is 13.1. The number of benzene rings is 1. The summed E-state index contributed by atoms with van der Waals surface area (Å²) in [6.45, 7) is 3.88. The summed E-state index contributed by atoms with van der Waals surface area (Å²) in [6, 6.07) is 6.84. The van der Waals surface area contributed by atoms with Gasteiger partial charge in [-0.1, -0.05) is 25.4 Å². The van der Waals surface area contributed by atoms with Crippen LogP contribution >= 0.6 is 11.6 Å². The molecule has 1 aromatic carbocycles. The van der Waals surface area contributed by atoms with Crippen molar-refractivity contribution in [2.24, 2.45) is 11.1 Å². The number of carbonyl (C=O) groups is 2. The van der Waals surface area contributed by atoms with Crippen LogP contribution in [0.25, 0.3) is 0 Å². The van der Waals surface area contributed by atoms with Gasteiger partial charge in [0, 0.05) is 29.1 Å². The lowest BCUT2D eigenvalue weighted by Crippen LogP contribution is -2.49. The fraction of sp³-hybridized carbons (Fsp3) is 0.316. The first-order valence-corrected chi connectivity index (χ1v) is 8.55. The number of nitrogens with two attached hydrogens (primary N) is 1. The number of nitrogens with zero attached hydrogens (tertiary/aromatic N) is 1. The van der Waals surface area contributed by atoms with Gasteiger partial charge < -0.3 is 15.8 Å². The molecule has 7 heteroatoms. The lowest BCUT2D eigenvalue weighted by atomic mass is 9.63. The van der Waals surface area contributed by atoms with Crippen LogP contribution in [0.5, 0.6) is 0 Å². The number of nitrogens with one attached hydrogen (secondary N) is 1. The van der Waals surface area contributed by atoms with Gasteiger partial charge in [0.15, 0.2) is 11.2 Å². The van der Waals surface area contributed by atoms with Gasteiger partial charge in [-0.05, 0) is 23.6 Å². The molecule has 1 atom stereocenters. The van der Waals surface area contributed by atoms with E-state index in [1.165, 1.54) is 0 Å². The Balaban J connectivity index is 2.09. The molecule has 0 bridgehead atoms. The Labute approximate surface area is 155 Å². The number of fused-ring (bicyclic) bond motifs is 3. The van der Waals surface area contributed by atoms with E-state index in [2.05, 4.69) is 5.32 Å². The molecule has 1 spiro atoms. The molecular weight excluding hydrogens is 354 g/mol. The largest absolute Gasteiger partial charge is 0.448 e. The van der Waals surface area contributed by atoms with Crippen molar-refractivity contribution in [2.45, 2.75) is 32.1 Å². The second kappa shape index (κ2) is 5.12. The quantitative estimate of drug-likeness (QED) is 0.731. The van der Waals surface area contributed by atoms with Crippen molar-refractivity contribution in [3.05, 3.63) is 51.6 Å². The number of nitriles is 1. The zero-order valence-corrected chi connectivity index (χ0v) is 15.0. The Morgan fingerprint density at radius 3 is 2.73 bits per heavy atom. The van der Waals surface area contributed by atoms with E-state index in [0.29, 0.717) is 28.5 Å². The molecule has 0 fully saturated rings. The van der Waals surface area contributed by atoms with Crippen molar-refractivity contribution in [1.82, 2.24) is 0 Å². The monoisotopic (exact) mass is 369 g/mol. The first-order chi connectivity index (χ1) is 12.2. The molecule has 1 aromatic rings. The van der Waals surface area contributed by atoms with Crippen molar-refractivity contribution >= 4 is 29.0 Å². The fourth-order valence-corrected chi connectivity index (χ4v) is 4.30. The summed E-state index contributed by atoms with van der Waals surface area (Å²) in [7, 11) is 0. The molecule has 1 aliphatic carbocycles. The van der Waals surface area contributed by atoms with Gasteiger partial charge in [-0.2, -0.15) is 5.26 Å². The third kappa shape index (κ3) is 1.98. The Bertz CT molecular complexity index is 1000. The van der Waals surface area contributed by atoms with Gasteiger partial charge in [0.25, 0.3) is 0 Å². The maximum Gasteiger partial charge on any atom is 0.246 e. The van der Waals surface area contributed by atoms with Crippen LogP contribution in [-0.2, 0) is 19.7 Å². The smallest absolute Gasteiger partial charge is 0.246 e. The number of rotatable bonds is 0. The number of anilines is 1. The SMILES string of the molecule is CC1(C)CC(=O)C2=C(C1)OC(C#N)=C(N)[C@@]21C(=O)Nc2ccc(Cl)cc21. The van der Waals surface area contributed by atoms with Gasteiger partial charge in [-0.15, -0.1) is 0 Å². The van der Waals surface area contributed by atoms with Crippen LogP contribution in [0, 0.1) is 16.7 Å². The molecule has 6 nitrogen and oxygen atoms in total. The topological polar surface area (TPSA) is 105 Å². The minimum atomic E-state index is -1.58. The number of hydrogen-bond acceptors (Lipinski definition) is 5. The van der Waals surface area contributed by atoms with Crippen molar-refractivity contribution in [3.8, 4) is 6.07 Å². The third-order valence-corrected chi connectivity index (χ3v) is 5.40. The number of hydrogen-bond donors (Lipinski definition) is 2. The molecule has 132 valence electrons. The van der Waals surface area contributed by atoms with Gasteiger partial charge in [0.1, 0.15) is 11.8 Å². The Morgan fingerprint density at radius 1 is 1.31 bits per heavy atom. The van der Waals surface area contributed by atoms with Crippen molar-refractivity contribution in [2.75, 3.05) is 5.32 Å². The van der Waals surface area contributed by atoms with Crippen LogP contribution in [0.2, 0.25) is 5.02 Å². The average molecular weight is 370 g/mol. The maximum absolute atomic E-state index is 13.1. The molecule has 0 saturated carbocycles. The van der Waals surface area contributed by atoms with E-state index in [0.717, 1.165) is 0 Å². The lowest BCUT2D eigenvalue weighted by molar-refractivity contribution is -0.124. The van der Waals surface area contributed by atoms with E-state index >= 15 is 0 Å². The number of allylic oxidation sites excluding steroid dienone is 2. The summed E-state index contributed by atoms with van der Waals surface area (Å²) >= 11 is 6.16. The molecule has 26 heavy (non-hydrogen) atoms. The molecule has 0 aromatic heterocycles. The van der Waals surface area contributed by atoms with Crippen molar-refractivity contribution in [3.63, 3.8) is 0 Å². The van der Waals surface area contributed by atoms with Crippen LogP contribution in [0.4, 0.5) is 5.69 Å². The van der Waals surface area contributed by atoms with E-state index in [4.69, 9.17) is 22.1 Å². The summed E-state index contributed by atoms with van der Waals surface area (Å²) in [6.07, 6.45) is 0.687. The number of halogens is 1. The van der Waals surface area contributed by atoms with E-state index in [1.54, 1.807) is 18.2 Å². The van der Waals surface area contributed by atoms with Gasteiger partial charge in [-0.25, -0.2) is 0 Å². The predicted molar refractivity (Wildman–Crippen MR) is 94.7 cm³/mol. The Hall–Kier alpha value is -2.78. The van der Waals surface area contributed by atoms with Gasteiger partial charge >= 0.3 is 0 Å². The molecule has 4 rings (SSSR count). The fourth-order valence-electron chi connectivity index (χ4n) is 4.13. The second-order valence-electron chi connectivity index (χ2n) is 7.59. The van der Waals surface area contributed by atoms with Crippen LogP contribution in [0.3, 0.4) is 0 Å². The highest BCUT2D eigenvalue weighted by molar-refractivity contribution is 6.31. The van der Waals surface area contributed by atoms with E-state index in [-0.39, 0.29) is 34.6 Å². The zero-order valence-electron chi connectivity index (χ0n) is 14.3. The van der Waals surface area contributed by atoms with Gasteiger partial charge in [-0.3, -0.25) is 9.59 Å². The van der Waals surface area contributed by atoms with Crippen molar-refractivity contribution < 1.29 is 14.3 Å². The molecule has 0 unspecified atom stereocenters. The second-order valence-corrected chi connectivity index (χ2v) is 8.03. The highest BCUT2D eigenvalue weighted by Crippen LogP contribution is 2.55. The minimum Gasteiger partial charge on any atom is -0.448 e. The Kier molecular flexibility index (Phi) is 3.28. The zero-order chi connectivity index (χ0) is 18.9. The van der Waals surface area contributed by atoms with E-state index in [9.17, 15) is 14.9 Å². The molecule has 3 N–H and O–H groups in total. The van der Waals surface area contributed by atoms with Crippen LogP contribution in [0.15, 0.2) is 41.0 Å². The number of Topliss-reactive ketones (excluding diaryl/α,β-unsaturated/α-hetero) is 1. The molecule has 3 aliphatic rings. The highest BCUT2D eigenvalue weighted by Gasteiger charge is 2.60. The highest BCUT2D eigenvalue weighted by atomic mass is 35.5. The summed E-state index contributed by atoms with van der Waals surface area (Å²) in [4.78, 5) is 26.2. The standard InChI is InChI=1S/C19H16ClN3O3/c1-18(2)6-12(24)15-13(7-18)26-14(8-21)16(22)19(15)10-5-9(20)3-4-11(10)23-17(19)25/h3-5H,6-7,22H2,1-2H3,(H,23,25)/t19-/m0/s1. The molecule has 2 aliphatic heterocycles. The van der Waals surface area contributed by atoms with Gasteiger partial charge in [0.2, 0.25) is 11.7 Å². The normalized spacial score (nSPS) is 26.2. The summed E-state index contributed by atoms with van der Waals surface area (Å²) < 4.78 is 5.68. The number of amides is 1. The molecular formula is C19H16ClN3O3. The molecule has 0 saturated heterocycles. The third-order valence-electron chi connectivity index (χ3n) is 5.16. The lowest BCUT2D eigenvalue weighted by Gasteiger charge is -2.41. The molecule has 1 amide bonds. The van der Waals surface area contributed by atoms with Crippen LogP contribution in [0.1, 0.15) is 32.3 Å². The first kappa shape index (κ1) is 16.7. The predicted octanol–water partition coefficient (Wildman–Crippen LogP) is 2.90. The minimum absolute atomic E-state index is 0.0784. The number of ketones is 1. The van der Waals surface area contributed by atoms with Crippen LogP contribution < -0.4 is 11.1 Å². The Morgan fingerprint density at radius 2 is 2.04 bits per heavy atom.